The minimum Gasteiger partial charge on any atom is -0.352 e. The van der Waals surface area contributed by atoms with E-state index in [2.05, 4.69) is 10.0 Å². The Morgan fingerprint density at radius 2 is 1.73 bits per heavy atom. The third-order valence-corrected chi connectivity index (χ3v) is 5.56. The molecular formula is C16H24N2O3S. The molecule has 1 aromatic carbocycles. The third kappa shape index (κ3) is 4.55. The Balaban J connectivity index is 1.95. The van der Waals surface area contributed by atoms with E-state index in [0.717, 1.165) is 31.2 Å². The molecule has 0 heterocycles. The zero-order valence-corrected chi connectivity index (χ0v) is 13.9. The number of rotatable bonds is 5. The fraction of sp³-hybridized carbons (Fsp3) is 0.562. The maximum atomic E-state index is 12.3. The third-order valence-electron chi connectivity index (χ3n) is 4.01. The first kappa shape index (κ1) is 17.0. The van der Waals surface area contributed by atoms with Gasteiger partial charge in [0.25, 0.3) is 0 Å². The highest BCUT2D eigenvalue weighted by atomic mass is 32.2. The molecule has 0 radical (unpaired) electrons. The lowest BCUT2D eigenvalue weighted by Gasteiger charge is -2.24. The average Bonchev–Trinajstić information content (AvgIpc) is 2.48. The minimum absolute atomic E-state index is 0.174. The van der Waals surface area contributed by atoms with Crippen LogP contribution in [-0.2, 0) is 14.8 Å². The molecule has 0 aromatic heterocycles. The summed E-state index contributed by atoms with van der Waals surface area (Å²) < 4.78 is 27.0. The van der Waals surface area contributed by atoms with E-state index in [9.17, 15) is 13.2 Å². The molecule has 2 N–H and O–H groups in total. The van der Waals surface area contributed by atoms with Crippen LogP contribution in [0.4, 0.5) is 0 Å². The van der Waals surface area contributed by atoms with Gasteiger partial charge in [0.2, 0.25) is 15.9 Å². The van der Waals surface area contributed by atoms with Crippen molar-refractivity contribution < 1.29 is 13.2 Å². The van der Waals surface area contributed by atoms with Gasteiger partial charge >= 0.3 is 0 Å². The predicted octanol–water partition coefficient (Wildman–Crippen LogP) is 2.11. The van der Waals surface area contributed by atoms with E-state index in [1.54, 1.807) is 31.2 Å². The Labute approximate surface area is 132 Å². The first-order valence-electron chi connectivity index (χ1n) is 7.78. The summed E-state index contributed by atoms with van der Waals surface area (Å²) in [5, 5.41) is 2.94. The summed E-state index contributed by atoms with van der Waals surface area (Å²) in [5.74, 6) is -0.261. The van der Waals surface area contributed by atoms with Gasteiger partial charge in [0, 0.05) is 6.04 Å². The first-order valence-corrected chi connectivity index (χ1v) is 9.26. The summed E-state index contributed by atoms with van der Waals surface area (Å²) in [5.41, 5.74) is 0.988. The van der Waals surface area contributed by atoms with Crippen molar-refractivity contribution in [3.8, 4) is 0 Å². The predicted molar refractivity (Wildman–Crippen MR) is 86.0 cm³/mol. The molecule has 0 saturated heterocycles. The first-order chi connectivity index (χ1) is 10.4. The average molecular weight is 324 g/mol. The fourth-order valence-electron chi connectivity index (χ4n) is 2.64. The Morgan fingerprint density at radius 1 is 1.14 bits per heavy atom. The van der Waals surface area contributed by atoms with E-state index in [4.69, 9.17) is 0 Å². The summed E-state index contributed by atoms with van der Waals surface area (Å²) in [6.07, 6.45) is 5.40. The van der Waals surface area contributed by atoms with Crippen LogP contribution in [0.15, 0.2) is 29.2 Å². The zero-order chi connectivity index (χ0) is 16.2. The van der Waals surface area contributed by atoms with Gasteiger partial charge in [0.1, 0.15) is 0 Å². The number of hydrogen-bond acceptors (Lipinski definition) is 3. The number of nitrogens with one attached hydrogen (secondary N) is 2. The highest BCUT2D eigenvalue weighted by molar-refractivity contribution is 7.89. The van der Waals surface area contributed by atoms with Crippen molar-refractivity contribution in [3.05, 3.63) is 29.8 Å². The van der Waals surface area contributed by atoms with Crippen molar-refractivity contribution in [3.63, 3.8) is 0 Å². The second-order valence-corrected chi connectivity index (χ2v) is 7.71. The summed E-state index contributed by atoms with van der Waals surface area (Å²) in [6, 6.07) is 5.95. The summed E-state index contributed by atoms with van der Waals surface area (Å²) in [7, 11) is -3.67. The van der Waals surface area contributed by atoms with Crippen LogP contribution >= 0.6 is 0 Å². The minimum atomic E-state index is -3.67. The van der Waals surface area contributed by atoms with Crippen LogP contribution in [0.25, 0.3) is 0 Å². The molecule has 0 spiro atoms. The molecule has 1 amide bonds. The van der Waals surface area contributed by atoms with Crippen LogP contribution in [-0.4, -0.2) is 26.4 Å². The van der Waals surface area contributed by atoms with Gasteiger partial charge in [-0.3, -0.25) is 4.79 Å². The van der Waals surface area contributed by atoms with Crippen molar-refractivity contribution in [2.75, 3.05) is 0 Å². The molecular weight excluding hydrogens is 300 g/mol. The van der Waals surface area contributed by atoms with E-state index in [1.807, 2.05) is 6.92 Å². The standard InChI is InChI=1S/C16H24N2O3S/c1-12-8-10-15(11-9-12)22(20,21)18-13(2)16(19)17-14-6-4-3-5-7-14/h8-11,13-14,18H,3-7H2,1-2H3,(H,17,19)/t13-/m1/s1. The van der Waals surface area contributed by atoms with Gasteiger partial charge in [-0.05, 0) is 38.8 Å². The van der Waals surface area contributed by atoms with Gasteiger partial charge in [-0.1, -0.05) is 37.0 Å². The molecule has 0 aliphatic heterocycles. The van der Waals surface area contributed by atoms with E-state index in [-0.39, 0.29) is 16.8 Å². The van der Waals surface area contributed by atoms with E-state index >= 15 is 0 Å². The summed E-state index contributed by atoms with van der Waals surface area (Å²) >= 11 is 0. The van der Waals surface area contributed by atoms with Crippen molar-refractivity contribution in [1.82, 2.24) is 10.0 Å². The van der Waals surface area contributed by atoms with Gasteiger partial charge in [-0.15, -0.1) is 0 Å². The van der Waals surface area contributed by atoms with Crippen LogP contribution in [0.1, 0.15) is 44.6 Å². The second-order valence-electron chi connectivity index (χ2n) is 6.00. The molecule has 1 aromatic rings. The molecule has 5 nitrogen and oxygen atoms in total. The van der Waals surface area contributed by atoms with Gasteiger partial charge in [-0.25, -0.2) is 8.42 Å². The molecule has 1 saturated carbocycles. The second kappa shape index (κ2) is 7.24. The summed E-state index contributed by atoms with van der Waals surface area (Å²) in [6.45, 7) is 3.47. The number of aryl methyl sites for hydroxylation is 1. The topological polar surface area (TPSA) is 75.3 Å². The summed E-state index contributed by atoms with van der Waals surface area (Å²) in [4.78, 5) is 12.3. The molecule has 2 rings (SSSR count). The monoisotopic (exact) mass is 324 g/mol. The Bertz CT molecular complexity index is 605. The van der Waals surface area contributed by atoms with Crippen LogP contribution < -0.4 is 10.0 Å². The molecule has 0 unspecified atom stereocenters. The van der Waals surface area contributed by atoms with Gasteiger partial charge in [0.05, 0.1) is 10.9 Å². The quantitative estimate of drug-likeness (QED) is 0.871. The molecule has 1 aliphatic rings. The molecule has 22 heavy (non-hydrogen) atoms. The van der Waals surface area contributed by atoms with Crippen molar-refractivity contribution in [2.45, 2.75) is 62.9 Å². The van der Waals surface area contributed by atoms with E-state index in [0.29, 0.717) is 0 Å². The van der Waals surface area contributed by atoms with Gasteiger partial charge in [-0.2, -0.15) is 4.72 Å². The number of amides is 1. The van der Waals surface area contributed by atoms with Crippen LogP contribution in [0.5, 0.6) is 0 Å². The molecule has 1 fully saturated rings. The SMILES string of the molecule is Cc1ccc(S(=O)(=O)N[C@H](C)C(=O)NC2CCCCC2)cc1. The van der Waals surface area contributed by atoms with Crippen LogP contribution in [0.2, 0.25) is 0 Å². The van der Waals surface area contributed by atoms with Crippen molar-refractivity contribution in [1.29, 1.82) is 0 Å². The normalized spacial score (nSPS) is 17.9. The van der Waals surface area contributed by atoms with E-state index < -0.39 is 16.1 Å². The number of sulfonamides is 1. The lowest BCUT2D eigenvalue weighted by atomic mass is 9.95. The number of carbonyl (C=O) groups excluding carboxylic acids is 1. The Hall–Kier alpha value is -1.40. The number of hydrogen-bond donors (Lipinski definition) is 2. The van der Waals surface area contributed by atoms with Crippen LogP contribution in [0.3, 0.4) is 0 Å². The lowest BCUT2D eigenvalue weighted by molar-refractivity contribution is -0.123. The molecule has 1 aliphatic carbocycles. The fourth-order valence-corrected chi connectivity index (χ4v) is 3.85. The maximum absolute atomic E-state index is 12.3. The van der Waals surface area contributed by atoms with Gasteiger partial charge < -0.3 is 5.32 Å². The van der Waals surface area contributed by atoms with Crippen molar-refractivity contribution >= 4 is 15.9 Å². The Morgan fingerprint density at radius 3 is 2.32 bits per heavy atom. The zero-order valence-electron chi connectivity index (χ0n) is 13.1. The van der Waals surface area contributed by atoms with Gasteiger partial charge in [0.15, 0.2) is 0 Å². The Kier molecular flexibility index (Phi) is 5.58. The highest BCUT2D eigenvalue weighted by Crippen LogP contribution is 2.17. The van der Waals surface area contributed by atoms with E-state index in [1.165, 1.54) is 6.42 Å². The molecule has 122 valence electrons. The molecule has 0 bridgehead atoms. The smallest absolute Gasteiger partial charge is 0.241 e. The van der Waals surface area contributed by atoms with Crippen LogP contribution in [0, 0.1) is 6.92 Å². The molecule has 6 heteroatoms. The molecule has 1 atom stereocenters. The van der Waals surface area contributed by atoms with Crippen molar-refractivity contribution in [2.24, 2.45) is 0 Å². The lowest BCUT2D eigenvalue weighted by Crippen LogP contribution is -2.48. The number of benzene rings is 1. The largest absolute Gasteiger partial charge is 0.352 e. The highest BCUT2D eigenvalue weighted by Gasteiger charge is 2.24. The maximum Gasteiger partial charge on any atom is 0.241 e. The number of carbonyl (C=O) groups is 1.